The SMILES string of the molecule is CCc1occc(=O)c1O.CCc1occc(=O)c1O.CCc1occc(=O)c1O.[Ga]. The van der Waals surface area contributed by atoms with Gasteiger partial charge in [-0.05, 0) is 0 Å². The summed E-state index contributed by atoms with van der Waals surface area (Å²) in [5, 5.41) is 27.0. The van der Waals surface area contributed by atoms with Crippen LogP contribution in [0, 0.1) is 0 Å². The molecule has 165 valence electrons. The summed E-state index contributed by atoms with van der Waals surface area (Å²) in [7, 11) is 0. The van der Waals surface area contributed by atoms with E-state index in [1.165, 1.54) is 37.0 Å². The molecule has 3 aromatic heterocycles. The largest absolute Gasteiger partial charge is 0.502 e. The molecule has 3 heterocycles. The van der Waals surface area contributed by atoms with Crippen molar-refractivity contribution >= 4 is 19.8 Å². The van der Waals surface area contributed by atoms with Crippen molar-refractivity contribution in [3.8, 4) is 17.2 Å². The van der Waals surface area contributed by atoms with Crippen molar-refractivity contribution in [1.82, 2.24) is 0 Å². The van der Waals surface area contributed by atoms with Crippen LogP contribution in [-0.4, -0.2) is 35.1 Å². The van der Waals surface area contributed by atoms with Gasteiger partial charge in [0.25, 0.3) is 0 Å². The van der Waals surface area contributed by atoms with Gasteiger partial charge >= 0.3 is 0 Å². The number of aryl methyl sites for hydroxylation is 3. The molecule has 3 radical (unpaired) electrons. The van der Waals surface area contributed by atoms with Gasteiger partial charge in [-0.1, -0.05) is 20.8 Å². The molecule has 3 N–H and O–H groups in total. The van der Waals surface area contributed by atoms with Crippen molar-refractivity contribution in [3.05, 3.63) is 84.9 Å². The third-order valence-electron chi connectivity index (χ3n) is 3.75. The molecule has 0 aliphatic carbocycles. The molecule has 0 amide bonds. The van der Waals surface area contributed by atoms with Gasteiger partial charge in [-0.15, -0.1) is 0 Å². The zero-order valence-electron chi connectivity index (χ0n) is 17.5. The van der Waals surface area contributed by atoms with Crippen LogP contribution in [0.1, 0.15) is 38.1 Å². The molecule has 0 aromatic carbocycles. The van der Waals surface area contributed by atoms with E-state index in [-0.39, 0.29) is 53.3 Å². The molecule has 3 rings (SSSR count). The molecular weight excluding hydrogens is 466 g/mol. The Hall–Kier alpha value is -3.11. The second kappa shape index (κ2) is 14.0. The predicted octanol–water partition coefficient (Wildman–Crippen LogP) is 2.34. The molecule has 0 unspecified atom stereocenters. The molecular formula is C21H24GaO9. The molecule has 0 atom stereocenters. The molecule has 0 saturated carbocycles. The second-order valence-electron chi connectivity index (χ2n) is 5.73. The van der Waals surface area contributed by atoms with E-state index in [2.05, 4.69) is 0 Å². The Morgan fingerprint density at radius 2 is 0.806 bits per heavy atom. The van der Waals surface area contributed by atoms with E-state index in [0.717, 1.165) is 0 Å². The van der Waals surface area contributed by atoms with Crippen LogP contribution >= 0.6 is 0 Å². The summed E-state index contributed by atoms with van der Waals surface area (Å²) < 4.78 is 14.5. The summed E-state index contributed by atoms with van der Waals surface area (Å²) in [4.78, 5) is 32.1. The third kappa shape index (κ3) is 8.26. The van der Waals surface area contributed by atoms with E-state index >= 15 is 0 Å². The van der Waals surface area contributed by atoms with E-state index < -0.39 is 0 Å². The molecule has 0 spiro atoms. The summed E-state index contributed by atoms with van der Waals surface area (Å²) in [6.45, 7) is 5.41. The molecule has 0 bridgehead atoms. The zero-order chi connectivity index (χ0) is 22.7. The molecule has 31 heavy (non-hydrogen) atoms. The van der Waals surface area contributed by atoms with Crippen molar-refractivity contribution in [3.63, 3.8) is 0 Å². The Bertz CT molecular complexity index is 971. The normalized spacial score (nSPS) is 9.39. The van der Waals surface area contributed by atoms with Crippen LogP contribution in [-0.2, 0) is 19.3 Å². The minimum atomic E-state index is -0.386. The van der Waals surface area contributed by atoms with Crippen LogP contribution in [0.2, 0.25) is 0 Å². The number of hydrogen-bond acceptors (Lipinski definition) is 9. The predicted molar refractivity (Wildman–Crippen MR) is 114 cm³/mol. The maximum atomic E-state index is 10.7. The van der Waals surface area contributed by atoms with Crippen molar-refractivity contribution in [2.75, 3.05) is 0 Å². The quantitative estimate of drug-likeness (QED) is 0.470. The Kier molecular flexibility index (Phi) is 12.6. The average molecular weight is 490 g/mol. The fraction of sp³-hybridized carbons (Fsp3) is 0.286. The molecule has 0 saturated heterocycles. The summed E-state index contributed by atoms with van der Waals surface area (Å²) in [5.74, 6) is 0.201. The Morgan fingerprint density at radius 3 is 0.968 bits per heavy atom. The van der Waals surface area contributed by atoms with Crippen molar-refractivity contribution in [1.29, 1.82) is 0 Å². The maximum absolute atomic E-state index is 10.7. The zero-order valence-corrected chi connectivity index (χ0v) is 19.9. The Morgan fingerprint density at radius 1 is 0.581 bits per heavy atom. The van der Waals surface area contributed by atoms with E-state index in [1.54, 1.807) is 20.8 Å². The summed E-state index contributed by atoms with van der Waals surface area (Å²) in [6.07, 6.45) is 5.42. The van der Waals surface area contributed by atoms with E-state index in [9.17, 15) is 14.4 Å². The van der Waals surface area contributed by atoms with E-state index in [1.807, 2.05) is 0 Å². The van der Waals surface area contributed by atoms with Gasteiger partial charge in [-0.25, -0.2) is 0 Å². The topological polar surface area (TPSA) is 151 Å². The summed E-state index contributed by atoms with van der Waals surface area (Å²) in [6, 6.07) is 3.57. The van der Waals surface area contributed by atoms with Gasteiger partial charge in [0.2, 0.25) is 33.5 Å². The first-order valence-corrected chi connectivity index (χ1v) is 9.15. The first-order chi connectivity index (χ1) is 14.3. The van der Waals surface area contributed by atoms with Crippen LogP contribution in [0.4, 0.5) is 0 Å². The minimum Gasteiger partial charge on any atom is -0.502 e. The first kappa shape index (κ1) is 27.9. The molecule has 0 fully saturated rings. The standard InChI is InChI=1S/3C7H8O3.Ga/c3*1-2-6-7(9)5(8)3-4-10-6;/h3*3-4,9H,2H2,1H3;. The number of aromatic hydroxyl groups is 3. The van der Waals surface area contributed by atoms with Crippen LogP contribution in [0.5, 0.6) is 17.2 Å². The molecule has 0 aliphatic heterocycles. The molecule has 10 heteroatoms. The minimum absolute atomic E-state index is 0. The van der Waals surface area contributed by atoms with Gasteiger partial charge in [0, 0.05) is 57.3 Å². The number of rotatable bonds is 3. The van der Waals surface area contributed by atoms with Gasteiger partial charge in [-0.2, -0.15) is 0 Å². The molecule has 3 aromatic rings. The summed E-state index contributed by atoms with van der Waals surface area (Å²) >= 11 is 0. The smallest absolute Gasteiger partial charge is 0.226 e. The van der Waals surface area contributed by atoms with Gasteiger partial charge < -0.3 is 28.6 Å². The Balaban J connectivity index is 0.000000429. The van der Waals surface area contributed by atoms with E-state index in [4.69, 9.17) is 28.6 Å². The second-order valence-corrected chi connectivity index (χ2v) is 5.73. The van der Waals surface area contributed by atoms with Gasteiger partial charge in [-0.3, -0.25) is 14.4 Å². The molecule has 0 aliphatic rings. The third-order valence-corrected chi connectivity index (χ3v) is 3.75. The average Bonchev–Trinajstić information content (AvgIpc) is 2.75. The van der Waals surface area contributed by atoms with E-state index in [0.29, 0.717) is 36.5 Å². The number of hydrogen-bond donors (Lipinski definition) is 3. The van der Waals surface area contributed by atoms with Crippen molar-refractivity contribution < 1.29 is 28.6 Å². The monoisotopic (exact) mass is 489 g/mol. The van der Waals surface area contributed by atoms with Crippen LogP contribution in [0.15, 0.2) is 64.6 Å². The van der Waals surface area contributed by atoms with Gasteiger partial charge in [0.05, 0.1) is 18.8 Å². The van der Waals surface area contributed by atoms with Crippen LogP contribution in [0.3, 0.4) is 0 Å². The first-order valence-electron chi connectivity index (χ1n) is 9.15. The Labute approximate surface area is 190 Å². The fourth-order valence-electron chi connectivity index (χ4n) is 2.10. The van der Waals surface area contributed by atoms with Gasteiger partial charge in [0.1, 0.15) is 17.3 Å². The fourth-order valence-corrected chi connectivity index (χ4v) is 2.10. The van der Waals surface area contributed by atoms with Crippen LogP contribution < -0.4 is 16.3 Å². The maximum Gasteiger partial charge on any atom is 0.226 e. The van der Waals surface area contributed by atoms with Crippen molar-refractivity contribution in [2.24, 2.45) is 0 Å². The molecule has 9 nitrogen and oxygen atoms in total. The van der Waals surface area contributed by atoms with Crippen LogP contribution in [0.25, 0.3) is 0 Å². The van der Waals surface area contributed by atoms with Crippen molar-refractivity contribution in [2.45, 2.75) is 40.0 Å². The summed E-state index contributed by atoms with van der Waals surface area (Å²) in [5.41, 5.74) is -1.16. The van der Waals surface area contributed by atoms with Gasteiger partial charge in [0.15, 0.2) is 0 Å².